The molecule has 2 nitrogen and oxygen atoms in total. The lowest BCUT2D eigenvalue weighted by Gasteiger charge is -2.38. The second kappa shape index (κ2) is 6.57. The standard InChI is InChI=1S/C10H24O2Si/c1-5-9(11-8-4)10(6-2,7-3)12-13/h9H,5-8H2,1-4,13H3. The molecule has 0 amide bonds. The highest BCUT2D eigenvalue weighted by molar-refractivity contribution is 5.98. The van der Waals surface area contributed by atoms with Crippen molar-refractivity contribution in [3.05, 3.63) is 0 Å². The van der Waals surface area contributed by atoms with Gasteiger partial charge in [0, 0.05) is 6.61 Å². The maximum atomic E-state index is 5.76. The summed E-state index contributed by atoms with van der Waals surface area (Å²) in [6, 6.07) is 0. The molecular formula is C10H24O2Si. The Morgan fingerprint density at radius 1 is 1.15 bits per heavy atom. The second-order valence-corrected chi connectivity index (χ2v) is 3.74. The third-order valence-corrected chi connectivity index (χ3v) is 3.74. The Hall–Kier alpha value is 0.137. The van der Waals surface area contributed by atoms with E-state index in [1.165, 1.54) is 0 Å². The van der Waals surface area contributed by atoms with Gasteiger partial charge in [-0.05, 0) is 26.2 Å². The molecule has 1 atom stereocenters. The van der Waals surface area contributed by atoms with Gasteiger partial charge in [0.25, 0.3) is 0 Å². The molecule has 0 heterocycles. The first-order valence-electron chi connectivity index (χ1n) is 5.37. The van der Waals surface area contributed by atoms with E-state index < -0.39 is 0 Å². The summed E-state index contributed by atoms with van der Waals surface area (Å²) in [5, 5.41) is 0. The van der Waals surface area contributed by atoms with E-state index in [4.69, 9.17) is 9.16 Å². The summed E-state index contributed by atoms with van der Waals surface area (Å²) in [6.07, 6.45) is 3.40. The van der Waals surface area contributed by atoms with Gasteiger partial charge in [0.15, 0.2) is 0 Å². The fourth-order valence-electron chi connectivity index (χ4n) is 1.97. The van der Waals surface area contributed by atoms with Gasteiger partial charge < -0.3 is 9.16 Å². The van der Waals surface area contributed by atoms with Gasteiger partial charge in [-0.2, -0.15) is 0 Å². The molecule has 0 aliphatic carbocycles. The molecule has 0 N–H and O–H groups in total. The molecule has 1 unspecified atom stereocenters. The van der Waals surface area contributed by atoms with Crippen LogP contribution >= 0.6 is 0 Å². The number of hydrogen-bond donors (Lipinski definition) is 0. The molecule has 0 fully saturated rings. The van der Waals surface area contributed by atoms with Crippen LogP contribution in [-0.4, -0.2) is 28.8 Å². The maximum absolute atomic E-state index is 5.76. The Labute approximate surface area is 85.5 Å². The zero-order valence-electron chi connectivity index (χ0n) is 9.72. The summed E-state index contributed by atoms with van der Waals surface area (Å²) in [4.78, 5) is 0. The van der Waals surface area contributed by atoms with Crippen LogP contribution in [-0.2, 0) is 9.16 Å². The molecule has 0 bridgehead atoms. The third kappa shape index (κ3) is 3.08. The summed E-state index contributed by atoms with van der Waals surface area (Å²) in [5.74, 6) is 0. The van der Waals surface area contributed by atoms with Gasteiger partial charge in [0.1, 0.15) is 10.5 Å². The van der Waals surface area contributed by atoms with Crippen molar-refractivity contribution >= 4 is 10.5 Å². The lowest BCUT2D eigenvalue weighted by atomic mass is 9.89. The van der Waals surface area contributed by atoms with Crippen LogP contribution in [0.1, 0.15) is 47.0 Å². The van der Waals surface area contributed by atoms with E-state index in [0.29, 0.717) is 0 Å². The Balaban J connectivity index is 4.45. The van der Waals surface area contributed by atoms with E-state index in [1.807, 2.05) is 6.92 Å². The molecule has 3 heteroatoms. The van der Waals surface area contributed by atoms with Gasteiger partial charge in [-0.1, -0.05) is 20.8 Å². The summed E-state index contributed by atoms with van der Waals surface area (Å²) in [6.45, 7) is 9.37. The molecule has 0 saturated carbocycles. The van der Waals surface area contributed by atoms with Gasteiger partial charge in [-0.25, -0.2) is 0 Å². The molecule has 0 spiro atoms. The highest BCUT2D eigenvalue weighted by Crippen LogP contribution is 2.28. The molecule has 80 valence electrons. The number of rotatable bonds is 7. The molecule has 0 aromatic carbocycles. The van der Waals surface area contributed by atoms with Crippen LogP contribution in [0.4, 0.5) is 0 Å². The van der Waals surface area contributed by atoms with Crippen molar-refractivity contribution in [1.82, 2.24) is 0 Å². The summed E-state index contributed by atoms with van der Waals surface area (Å²) >= 11 is 0. The minimum atomic E-state index is -0.0169. The first kappa shape index (κ1) is 13.1. The number of hydrogen-bond acceptors (Lipinski definition) is 2. The lowest BCUT2D eigenvalue weighted by molar-refractivity contribution is -0.0926. The monoisotopic (exact) mass is 204 g/mol. The minimum absolute atomic E-state index is 0.0169. The zero-order valence-corrected chi connectivity index (χ0v) is 11.7. The van der Waals surface area contributed by atoms with Crippen LogP contribution in [0.5, 0.6) is 0 Å². The predicted octanol–water partition coefficient (Wildman–Crippen LogP) is 1.66. The van der Waals surface area contributed by atoms with E-state index in [9.17, 15) is 0 Å². The highest BCUT2D eigenvalue weighted by Gasteiger charge is 2.34. The van der Waals surface area contributed by atoms with Gasteiger partial charge in [0.2, 0.25) is 0 Å². The SMILES string of the molecule is CCOC(CC)C(CC)(CC)O[SiH3]. The largest absolute Gasteiger partial charge is 0.420 e. The number of ether oxygens (including phenoxy) is 1. The van der Waals surface area contributed by atoms with Crippen LogP contribution in [0.25, 0.3) is 0 Å². The van der Waals surface area contributed by atoms with Gasteiger partial charge >= 0.3 is 0 Å². The summed E-state index contributed by atoms with van der Waals surface area (Å²) in [5.41, 5.74) is -0.0169. The molecule has 0 aliphatic heterocycles. The van der Waals surface area contributed by atoms with E-state index >= 15 is 0 Å². The van der Waals surface area contributed by atoms with Crippen molar-refractivity contribution in [2.24, 2.45) is 0 Å². The van der Waals surface area contributed by atoms with E-state index in [0.717, 1.165) is 36.4 Å². The molecule has 0 aromatic rings. The molecule has 0 aliphatic rings. The first-order valence-corrected chi connectivity index (χ1v) is 6.19. The first-order chi connectivity index (χ1) is 6.20. The predicted molar refractivity (Wildman–Crippen MR) is 60.0 cm³/mol. The van der Waals surface area contributed by atoms with Crippen LogP contribution in [0.15, 0.2) is 0 Å². The maximum Gasteiger partial charge on any atom is 0.146 e. The Kier molecular flexibility index (Phi) is 6.64. The van der Waals surface area contributed by atoms with E-state index in [1.54, 1.807) is 0 Å². The van der Waals surface area contributed by atoms with Gasteiger partial charge in [0.05, 0.1) is 11.7 Å². The van der Waals surface area contributed by atoms with Crippen LogP contribution < -0.4 is 0 Å². The van der Waals surface area contributed by atoms with E-state index in [-0.39, 0.29) is 11.7 Å². The Bertz CT molecular complexity index is 116. The van der Waals surface area contributed by atoms with Crippen molar-refractivity contribution in [2.45, 2.75) is 58.7 Å². The normalized spacial score (nSPS) is 14.8. The van der Waals surface area contributed by atoms with Gasteiger partial charge in [-0.15, -0.1) is 0 Å². The van der Waals surface area contributed by atoms with Crippen LogP contribution in [0, 0.1) is 0 Å². The topological polar surface area (TPSA) is 18.5 Å². The van der Waals surface area contributed by atoms with Crippen molar-refractivity contribution in [1.29, 1.82) is 0 Å². The van der Waals surface area contributed by atoms with Crippen molar-refractivity contribution in [3.8, 4) is 0 Å². The van der Waals surface area contributed by atoms with Crippen LogP contribution in [0.3, 0.4) is 0 Å². The smallest absolute Gasteiger partial charge is 0.146 e. The molecule has 0 saturated heterocycles. The quantitative estimate of drug-likeness (QED) is 0.587. The Morgan fingerprint density at radius 2 is 1.69 bits per heavy atom. The zero-order chi connectivity index (χ0) is 10.3. The van der Waals surface area contributed by atoms with Crippen molar-refractivity contribution in [3.63, 3.8) is 0 Å². The van der Waals surface area contributed by atoms with E-state index in [2.05, 4.69) is 20.8 Å². The fourth-order valence-corrected chi connectivity index (χ4v) is 2.81. The average Bonchev–Trinajstić information content (AvgIpc) is 2.19. The average molecular weight is 204 g/mol. The second-order valence-electron chi connectivity index (χ2n) is 3.33. The fraction of sp³-hybridized carbons (Fsp3) is 1.00. The van der Waals surface area contributed by atoms with Crippen molar-refractivity contribution < 1.29 is 9.16 Å². The summed E-state index contributed by atoms with van der Waals surface area (Å²) < 4.78 is 11.5. The molecule has 0 radical (unpaired) electrons. The molecule has 13 heavy (non-hydrogen) atoms. The third-order valence-electron chi connectivity index (χ3n) is 2.93. The minimum Gasteiger partial charge on any atom is -0.420 e. The highest BCUT2D eigenvalue weighted by atomic mass is 28.2. The van der Waals surface area contributed by atoms with Crippen LogP contribution in [0.2, 0.25) is 0 Å². The Morgan fingerprint density at radius 3 is 1.92 bits per heavy atom. The molecular weight excluding hydrogens is 180 g/mol. The summed E-state index contributed by atoms with van der Waals surface area (Å²) in [7, 11) is 0.795. The van der Waals surface area contributed by atoms with Crippen molar-refractivity contribution in [2.75, 3.05) is 6.61 Å². The van der Waals surface area contributed by atoms with Gasteiger partial charge in [-0.3, -0.25) is 0 Å². The lowest BCUT2D eigenvalue weighted by Crippen LogP contribution is -2.44. The molecule has 0 rings (SSSR count). The molecule has 0 aromatic heterocycles.